The molecule has 0 aliphatic carbocycles. The van der Waals surface area contributed by atoms with Gasteiger partial charge in [0.1, 0.15) is 0 Å². The normalized spacial score (nSPS) is 9.76. The number of rotatable bonds is 7. The van der Waals surface area contributed by atoms with Crippen molar-refractivity contribution in [3.63, 3.8) is 0 Å². The zero-order valence-corrected chi connectivity index (χ0v) is 13.2. The van der Waals surface area contributed by atoms with Crippen LogP contribution in [-0.2, 0) is 20.7 Å². The van der Waals surface area contributed by atoms with E-state index in [4.69, 9.17) is 14.7 Å². The molecule has 0 atom stereocenters. The number of para-hydroxylation sites is 1. The predicted octanol–water partition coefficient (Wildman–Crippen LogP) is 2.45. The summed E-state index contributed by atoms with van der Waals surface area (Å²) in [7, 11) is 0. The Morgan fingerprint density at radius 3 is 2.48 bits per heavy atom. The number of benzene rings is 2. The van der Waals surface area contributed by atoms with Crippen molar-refractivity contribution in [2.24, 2.45) is 0 Å². The number of ether oxygens (including phenoxy) is 2. The number of carbonyl (C=O) groups excluding carboxylic acids is 2. The Bertz CT molecular complexity index is 784. The van der Waals surface area contributed by atoms with E-state index in [1.807, 2.05) is 6.07 Å². The lowest BCUT2D eigenvalue weighted by Gasteiger charge is -2.08. The van der Waals surface area contributed by atoms with Crippen LogP contribution in [0, 0.1) is 17.1 Å². The molecule has 1 amide bonds. The molecule has 0 aliphatic rings. The molecule has 0 aliphatic heterocycles. The van der Waals surface area contributed by atoms with Crippen LogP contribution >= 0.6 is 0 Å². The molecule has 1 N–H and O–H groups in total. The molecule has 0 saturated heterocycles. The first-order valence-electron chi connectivity index (χ1n) is 7.37. The number of amides is 1. The average Bonchev–Trinajstić information content (AvgIpc) is 2.61. The predicted molar refractivity (Wildman–Crippen MR) is 87.2 cm³/mol. The van der Waals surface area contributed by atoms with Crippen LogP contribution in [0.15, 0.2) is 48.5 Å². The largest absolute Gasteiger partial charge is 0.479 e. The van der Waals surface area contributed by atoms with Gasteiger partial charge in [-0.2, -0.15) is 5.26 Å². The number of carbonyl (C=O) groups is 2. The molecule has 0 spiro atoms. The molecule has 0 saturated carbocycles. The van der Waals surface area contributed by atoms with Crippen LogP contribution in [0.2, 0.25) is 0 Å². The van der Waals surface area contributed by atoms with Gasteiger partial charge in [-0.1, -0.05) is 24.3 Å². The molecule has 128 valence electrons. The van der Waals surface area contributed by atoms with Crippen LogP contribution in [0.5, 0.6) is 5.75 Å². The first-order chi connectivity index (χ1) is 12.1. The molecule has 0 unspecified atom stereocenters. The van der Waals surface area contributed by atoms with E-state index in [2.05, 4.69) is 5.32 Å². The molecule has 2 rings (SSSR count). The van der Waals surface area contributed by atoms with E-state index >= 15 is 0 Å². The number of anilines is 1. The summed E-state index contributed by atoms with van der Waals surface area (Å²) < 4.78 is 23.1. The van der Waals surface area contributed by atoms with Crippen molar-refractivity contribution in [1.82, 2.24) is 0 Å². The van der Waals surface area contributed by atoms with Crippen LogP contribution in [0.1, 0.15) is 5.56 Å². The minimum Gasteiger partial charge on any atom is -0.479 e. The number of esters is 1. The van der Waals surface area contributed by atoms with Crippen molar-refractivity contribution in [3.8, 4) is 11.8 Å². The van der Waals surface area contributed by atoms with Gasteiger partial charge in [0.2, 0.25) is 0 Å². The first kappa shape index (κ1) is 17.9. The lowest BCUT2D eigenvalue weighted by molar-refractivity contribution is -0.149. The van der Waals surface area contributed by atoms with Crippen LogP contribution in [0.4, 0.5) is 10.1 Å². The molecule has 7 heteroatoms. The third-order valence-electron chi connectivity index (χ3n) is 3.07. The fraction of sp³-hybridized carbons (Fsp3) is 0.167. The van der Waals surface area contributed by atoms with Gasteiger partial charge in [0.25, 0.3) is 5.91 Å². The summed E-state index contributed by atoms with van der Waals surface area (Å²) in [4.78, 5) is 23.2. The summed E-state index contributed by atoms with van der Waals surface area (Å²) in [5.74, 6) is -1.97. The summed E-state index contributed by atoms with van der Waals surface area (Å²) in [6.07, 6.45) is 0.286. The highest BCUT2D eigenvalue weighted by Gasteiger charge is 2.10. The Labute approximate surface area is 143 Å². The van der Waals surface area contributed by atoms with Crippen molar-refractivity contribution < 1.29 is 23.5 Å². The fourth-order valence-electron chi connectivity index (χ4n) is 1.88. The van der Waals surface area contributed by atoms with Crippen LogP contribution in [0.3, 0.4) is 0 Å². The number of nitriles is 1. The zero-order valence-electron chi connectivity index (χ0n) is 13.2. The van der Waals surface area contributed by atoms with Gasteiger partial charge in [-0.25, -0.2) is 9.18 Å². The average molecular weight is 342 g/mol. The topological polar surface area (TPSA) is 88.4 Å². The van der Waals surface area contributed by atoms with Crippen LogP contribution in [0.25, 0.3) is 0 Å². The first-order valence-corrected chi connectivity index (χ1v) is 7.37. The second kappa shape index (κ2) is 9.03. The van der Waals surface area contributed by atoms with Gasteiger partial charge in [-0.05, 0) is 29.8 Å². The lowest BCUT2D eigenvalue weighted by atomic mass is 10.1. The van der Waals surface area contributed by atoms with Gasteiger partial charge in [0, 0.05) is 5.69 Å². The number of halogens is 1. The Hall–Kier alpha value is -3.40. The Kier molecular flexibility index (Phi) is 6.48. The van der Waals surface area contributed by atoms with Gasteiger partial charge in [-0.3, -0.25) is 4.79 Å². The van der Waals surface area contributed by atoms with Gasteiger partial charge >= 0.3 is 5.97 Å². The molecule has 0 bridgehead atoms. The molecule has 0 heterocycles. The molecule has 0 aromatic heterocycles. The molecule has 0 fully saturated rings. The number of nitrogens with zero attached hydrogens (tertiary/aromatic N) is 1. The summed E-state index contributed by atoms with van der Waals surface area (Å²) in [6.45, 7) is -0.990. The van der Waals surface area contributed by atoms with Crippen molar-refractivity contribution in [3.05, 3.63) is 59.9 Å². The Morgan fingerprint density at radius 1 is 1.08 bits per heavy atom. The fourth-order valence-corrected chi connectivity index (χ4v) is 1.88. The highest BCUT2D eigenvalue weighted by molar-refractivity contribution is 5.92. The van der Waals surface area contributed by atoms with Gasteiger partial charge in [0.05, 0.1) is 12.5 Å². The SMILES string of the molecule is N#CCc1ccc(NC(=O)COC(=O)COc2ccccc2F)cc1. The van der Waals surface area contributed by atoms with E-state index < -0.39 is 30.9 Å². The molecule has 0 radical (unpaired) electrons. The van der Waals surface area contributed by atoms with Crippen molar-refractivity contribution >= 4 is 17.6 Å². The Balaban J connectivity index is 1.73. The number of hydrogen-bond acceptors (Lipinski definition) is 5. The maximum atomic E-state index is 13.3. The van der Waals surface area contributed by atoms with E-state index in [1.54, 1.807) is 30.3 Å². The quantitative estimate of drug-likeness (QED) is 0.781. The van der Waals surface area contributed by atoms with E-state index in [0.29, 0.717) is 5.69 Å². The summed E-state index contributed by atoms with van der Waals surface area (Å²) in [5, 5.41) is 11.1. The van der Waals surface area contributed by atoms with Gasteiger partial charge in [-0.15, -0.1) is 0 Å². The van der Waals surface area contributed by atoms with Crippen molar-refractivity contribution in [2.75, 3.05) is 18.5 Å². The molecule has 6 nitrogen and oxygen atoms in total. The molecule has 25 heavy (non-hydrogen) atoms. The number of hydrogen-bond donors (Lipinski definition) is 1. The lowest BCUT2D eigenvalue weighted by Crippen LogP contribution is -2.23. The van der Waals surface area contributed by atoms with Crippen molar-refractivity contribution in [1.29, 1.82) is 5.26 Å². The van der Waals surface area contributed by atoms with E-state index in [9.17, 15) is 14.0 Å². The minimum absolute atomic E-state index is 0.0682. The number of nitrogens with one attached hydrogen (secondary N) is 1. The molecule has 2 aromatic carbocycles. The smallest absolute Gasteiger partial charge is 0.344 e. The summed E-state index contributed by atoms with van der Waals surface area (Å²) in [6, 6.07) is 14.4. The van der Waals surface area contributed by atoms with Gasteiger partial charge in [0.15, 0.2) is 24.8 Å². The van der Waals surface area contributed by atoms with Gasteiger partial charge < -0.3 is 14.8 Å². The third-order valence-corrected chi connectivity index (χ3v) is 3.07. The standard InChI is InChI=1S/C18H15FN2O4/c19-15-3-1-2-4-16(15)24-12-18(23)25-11-17(22)21-14-7-5-13(6-8-14)9-10-20/h1-8H,9,11-12H2,(H,21,22). The van der Waals surface area contributed by atoms with E-state index in [1.165, 1.54) is 18.2 Å². The highest BCUT2D eigenvalue weighted by atomic mass is 19.1. The zero-order chi connectivity index (χ0) is 18.1. The maximum Gasteiger partial charge on any atom is 0.344 e. The summed E-state index contributed by atoms with van der Waals surface area (Å²) >= 11 is 0. The van der Waals surface area contributed by atoms with Crippen LogP contribution < -0.4 is 10.1 Å². The summed E-state index contributed by atoms with van der Waals surface area (Å²) in [5.41, 5.74) is 1.35. The second-order valence-corrected chi connectivity index (χ2v) is 4.96. The van der Waals surface area contributed by atoms with Crippen molar-refractivity contribution in [2.45, 2.75) is 6.42 Å². The maximum absolute atomic E-state index is 13.3. The molecular weight excluding hydrogens is 327 g/mol. The minimum atomic E-state index is -0.789. The van der Waals surface area contributed by atoms with E-state index in [-0.39, 0.29) is 12.2 Å². The van der Waals surface area contributed by atoms with Crippen LogP contribution in [-0.4, -0.2) is 25.1 Å². The molecule has 2 aromatic rings. The Morgan fingerprint density at radius 2 is 1.80 bits per heavy atom. The third kappa shape index (κ3) is 5.95. The highest BCUT2D eigenvalue weighted by Crippen LogP contribution is 2.15. The second-order valence-electron chi connectivity index (χ2n) is 4.96. The molecular formula is C18H15FN2O4. The van der Waals surface area contributed by atoms with E-state index in [0.717, 1.165) is 5.56 Å². The monoisotopic (exact) mass is 342 g/mol.